The maximum absolute atomic E-state index is 12.1. The molecule has 2 aromatic carbocycles. The molecule has 2 aromatic rings. The fraction of sp³-hybridized carbons (Fsp3) is 0.125. The number of benzene rings is 2. The maximum atomic E-state index is 12.1. The lowest BCUT2D eigenvalue weighted by Crippen LogP contribution is -1.93. The first-order chi connectivity index (χ1) is 9.15. The summed E-state index contributed by atoms with van der Waals surface area (Å²) < 4.78 is 24.3. The Morgan fingerprint density at radius 1 is 1.00 bits per heavy atom. The zero-order valence-electron chi connectivity index (χ0n) is 10.5. The van der Waals surface area contributed by atoms with Crippen LogP contribution in [-0.2, 0) is 0 Å². The van der Waals surface area contributed by atoms with Crippen LogP contribution in [0.2, 0.25) is 0 Å². The van der Waals surface area contributed by atoms with Gasteiger partial charge in [-0.15, -0.1) is 0 Å². The lowest BCUT2D eigenvalue weighted by atomic mass is 10.1. The number of rotatable bonds is 2. The van der Waals surface area contributed by atoms with E-state index in [-0.39, 0.29) is 0 Å². The summed E-state index contributed by atoms with van der Waals surface area (Å²) in [6.07, 6.45) is -2.62. The summed E-state index contributed by atoms with van der Waals surface area (Å²) in [4.78, 5) is 0. The normalized spacial score (nSPS) is 9.89. The van der Waals surface area contributed by atoms with Gasteiger partial charge in [-0.3, -0.25) is 0 Å². The lowest BCUT2D eigenvalue weighted by Gasteiger charge is -2.08. The Morgan fingerprint density at radius 3 is 2.37 bits per heavy atom. The van der Waals surface area contributed by atoms with Gasteiger partial charge in [0.1, 0.15) is 0 Å². The molecule has 0 aromatic heterocycles. The molecule has 0 bridgehead atoms. The van der Waals surface area contributed by atoms with Crippen molar-refractivity contribution in [1.29, 1.82) is 0 Å². The van der Waals surface area contributed by atoms with Crippen molar-refractivity contribution >= 4 is 11.4 Å². The second kappa shape index (κ2) is 6.01. The van der Waals surface area contributed by atoms with Gasteiger partial charge in [-0.25, -0.2) is 0 Å². The van der Waals surface area contributed by atoms with Gasteiger partial charge in [-0.2, -0.15) is 8.78 Å². The minimum atomic E-state index is -2.62. The molecular formula is C16H13F2N. The molecule has 1 nitrogen and oxygen atoms in total. The molecule has 0 heterocycles. The molecular weight excluding hydrogens is 244 g/mol. The van der Waals surface area contributed by atoms with Gasteiger partial charge < -0.3 is 5.32 Å². The second-order valence-corrected chi connectivity index (χ2v) is 4.11. The quantitative estimate of drug-likeness (QED) is 0.788. The van der Waals surface area contributed by atoms with Gasteiger partial charge in [0.15, 0.2) is 0 Å². The van der Waals surface area contributed by atoms with E-state index in [4.69, 9.17) is 0 Å². The van der Waals surface area contributed by atoms with E-state index < -0.39 is 6.43 Å². The van der Waals surface area contributed by atoms with Crippen LogP contribution in [0.4, 0.5) is 20.2 Å². The molecule has 0 atom stereocenters. The van der Waals surface area contributed by atoms with Crippen LogP contribution in [0.25, 0.3) is 0 Å². The van der Waals surface area contributed by atoms with E-state index in [1.54, 1.807) is 12.1 Å². The minimum Gasteiger partial charge on any atom is -0.355 e. The molecule has 0 aliphatic carbocycles. The molecule has 0 amide bonds. The minimum absolute atomic E-state index is 0.559. The van der Waals surface area contributed by atoms with Crippen molar-refractivity contribution in [3.8, 4) is 11.8 Å². The van der Waals surface area contributed by atoms with Gasteiger partial charge in [0, 0.05) is 11.3 Å². The van der Waals surface area contributed by atoms with Crippen LogP contribution in [-0.4, -0.2) is 6.43 Å². The molecule has 0 spiro atoms. The average molecular weight is 257 g/mol. The van der Waals surface area contributed by atoms with Gasteiger partial charge in [0.25, 0.3) is 6.43 Å². The number of halogens is 2. The monoisotopic (exact) mass is 257 g/mol. The van der Waals surface area contributed by atoms with Crippen molar-refractivity contribution in [1.82, 2.24) is 0 Å². The summed E-state index contributed by atoms with van der Waals surface area (Å²) in [5.41, 5.74) is 3.34. The highest BCUT2D eigenvalue weighted by molar-refractivity contribution is 5.67. The number of nitrogens with one attached hydrogen (secondary N) is 1. The van der Waals surface area contributed by atoms with Crippen LogP contribution in [0, 0.1) is 18.8 Å². The third kappa shape index (κ3) is 3.82. The molecule has 0 radical (unpaired) electrons. The van der Waals surface area contributed by atoms with E-state index in [1.807, 2.05) is 49.2 Å². The second-order valence-electron chi connectivity index (χ2n) is 4.11. The van der Waals surface area contributed by atoms with E-state index in [9.17, 15) is 8.78 Å². The van der Waals surface area contributed by atoms with Gasteiger partial charge in [-0.1, -0.05) is 35.7 Å². The van der Waals surface area contributed by atoms with E-state index >= 15 is 0 Å². The van der Waals surface area contributed by atoms with Crippen LogP contribution in [0.5, 0.6) is 0 Å². The molecule has 2 rings (SSSR count). The number of para-hydroxylation sites is 1. The Bertz CT molecular complexity index is 607. The molecule has 0 aliphatic rings. The number of hydrogen-bond donors (Lipinski definition) is 1. The third-order valence-electron chi connectivity index (χ3n) is 2.57. The predicted molar refractivity (Wildman–Crippen MR) is 73.8 cm³/mol. The van der Waals surface area contributed by atoms with Crippen LogP contribution < -0.4 is 5.32 Å². The molecule has 1 N–H and O–H groups in total. The zero-order chi connectivity index (χ0) is 13.7. The first-order valence-electron chi connectivity index (χ1n) is 5.87. The standard InChI is InChI=1S/C16H13F2N/c1-12-6-9-14(10-7-12)19-15-5-3-2-4-13(15)8-11-16(17)18/h2-7,9-10,16,19H,1H3. The van der Waals surface area contributed by atoms with E-state index in [0.717, 1.165) is 16.9 Å². The molecule has 3 heteroatoms. The molecule has 0 saturated carbocycles. The Hall–Kier alpha value is -2.34. The van der Waals surface area contributed by atoms with Crippen LogP contribution in [0.3, 0.4) is 0 Å². The average Bonchev–Trinajstić information content (AvgIpc) is 2.40. The predicted octanol–water partition coefficient (Wildman–Crippen LogP) is 4.36. The Morgan fingerprint density at radius 2 is 1.68 bits per heavy atom. The van der Waals surface area contributed by atoms with E-state index in [0.29, 0.717) is 5.56 Å². The van der Waals surface area contributed by atoms with Crippen molar-refractivity contribution in [3.63, 3.8) is 0 Å². The highest BCUT2D eigenvalue weighted by atomic mass is 19.3. The summed E-state index contributed by atoms with van der Waals surface area (Å²) >= 11 is 0. The number of alkyl halides is 2. The summed E-state index contributed by atoms with van der Waals surface area (Å²) in [5, 5.41) is 3.18. The van der Waals surface area contributed by atoms with Crippen molar-refractivity contribution in [2.75, 3.05) is 5.32 Å². The van der Waals surface area contributed by atoms with Crippen LogP contribution in [0.1, 0.15) is 11.1 Å². The van der Waals surface area contributed by atoms with Gasteiger partial charge in [0.2, 0.25) is 0 Å². The Balaban J connectivity index is 2.26. The van der Waals surface area contributed by atoms with Crippen molar-refractivity contribution in [2.45, 2.75) is 13.3 Å². The fourth-order valence-corrected chi connectivity index (χ4v) is 1.63. The van der Waals surface area contributed by atoms with E-state index in [1.165, 1.54) is 0 Å². The van der Waals surface area contributed by atoms with E-state index in [2.05, 4.69) is 11.2 Å². The molecule has 19 heavy (non-hydrogen) atoms. The molecule has 0 saturated heterocycles. The van der Waals surface area contributed by atoms with Crippen LogP contribution >= 0.6 is 0 Å². The Labute approximate surface area is 111 Å². The maximum Gasteiger partial charge on any atom is 0.299 e. The SMILES string of the molecule is Cc1ccc(Nc2ccccc2C#CC(F)F)cc1. The molecule has 96 valence electrons. The first kappa shape index (κ1) is 13.1. The number of aryl methyl sites for hydroxylation is 1. The summed E-state index contributed by atoms with van der Waals surface area (Å²) in [6, 6.07) is 15.0. The third-order valence-corrected chi connectivity index (χ3v) is 2.57. The highest BCUT2D eigenvalue weighted by Crippen LogP contribution is 2.20. The van der Waals surface area contributed by atoms with Crippen molar-refractivity contribution < 1.29 is 8.78 Å². The largest absolute Gasteiger partial charge is 0.355 e. The van der Waals surface area contributed by atoms with Gasteiger partial charge in [0.05, 0.1) is 5.69 Å². The smallest absolute Gasteiger partial charge is 0.299 e. The van der Waals surface area contributed by atoms with Crippen LogP contribution in [0.15, 0.2) is 48.5 Å². The number of anilines is 2. The zero-order valence-corrected chi connectivity index (χ0v) is 10.5. The summed E-state index contributed by atoms with van der Waals surface area (Å²) in [5.74, 6) is 4.36. The van der Waals surface area contributed by atoms with Crippen molar-refractivity contribution in [3.05, 3.63) is 59.7 Å². The van der Waals surface area contributed by atoms with Gasteiger partial charge in [-0.05, 0) is 37.1 Å². The molecule has 0 aliphatic heterocycles. The van der Waals surface area contributed by atoms with Gasteiger partial charge >= 0.3 is 0 Å². The topological polar surface area (TPSA) is 12.0 Å². The van der Waals surface area contributed by atoms with Crippen molar-refractivity contribution in [2.24, 2.45) is 0 Å². The Kier molecular flexibility index (Phi) is 4.15. The first-order valence-corrected chi connectivity index (χ1v) is 5.87. The lowest BCUT2D eigenvalue weighted by molar-refractivity contribution is 0.215. The summed E-state index contributed by atoms with van der Waals surface area (Å²) in [7, 11) is 0. The highest BCUT2D eigenvalue weighted by Gasteiger charge is 2.00. The molecule has 0 unspecified atom stereocenters. The summed E-state index contributed by atoms with van der Waals surface area (Å²) in [6.45, 7) is 2.01. The molecule has 0 fully saturated rings. The fourth-order valence-electron chi connectivity index (χ4n) is 1.63. The number of hydrogen-bond acceptors (Lipinski definition) is 1.